The van der Waals surface area contributed by atoms with Crippen LogP contribution in [0.25, 0.3) is 16.5 Å². The zero-order chi connectivity index (χ0) is 18.0. The molecule has 0 fully saturated rings. The Morgan fingerprint density at radius 3 is 2.35 bits per heavy atom. The molecule has 1 heterocycles. The van der Waals surface area contributed by atoms with Crippen LogP contribution in [0.2, 0.25) is 0 Å². The molecule has 0 unspecified atom stereocenters. The van der Waals surface area contributed by atoms with E-state index in [0.717, 1.165) is 22.0 Å². The van der Waals surface area contributed by atoms with Gasteiger partial charge in [0.15, 0.2) is 5.88 Å². The van der Waals surface area contributed by atoms with Crippen molar-refractivity contribution in [2.24, 2.45) is 0 Å². The van der Waals surface area contributed by atoms with Crippen LogP contribution >= 0.6 is 0 Å². The van der Waals surface area contributed by atoms with Gasteiger partial charge in [0.2, 0.25) is 0 Å². The maximum Gasteiger partial charge on any atom is 0.199 e. The van der Waals surface area contributed by atoms with E-state index in [0.29, 0.717) is 17.9 Å². The predicted octanol–water partition coefficient (Wildman–Crippen LogP) is 6.52. The molecule has 0 aliphatic rings. The van der Waals surface area contributed by atoms with Crippen molar-refractivity contribution >= 4 is 16.5 Å². The first-order valence-corrected chi connectivity index (χ1v) is 8.32. The van der Waals surface area contributed by atoms with E-state index in [1.807, 2.05) is 59.8 Å². The largest absolute Gasteiger partial charge is 0.482 e. The second kappa shape index (κ2) is 10.7. The third-order valence-corrected chi connectivity index (χ3v) is 3.21. The normalized spacial score (nSPS) is 9.91. The van der Waals surface area contributed by atoms with Crippen LogP contribution in [0.3, 0.4) is 0 Å². The molecule has 2 rings (SSSR count). The molecule has 0 aliphatic heterocycles. The van der Waals surface area contributed by atoms with Gasteiger partial charge in [-0.1, -0.05) is 53.3 Å². The quantitative estimate of drug-likeness (QED) is 0.637. The van der Waals surface area contributed by atoms with E-state index < -0.39 is 0 Å². The summed E-state index contributed by atoms with van der Waals surface area (Å²) in [7, 11) is 1.59. The molecule has 0 atom stereocenters. The Morgan fingerprint density at radius 1 is 1.26 bits per heavy atom. The molecule has 1 aromatic heterocycles. The lowest BCUT2D eigenvalue weighted by atomic mass is 10.0. The molecule has 0 amide bonds. The highest BCUT2D eigenvalue weighted by Crippen LogP contribution is 2.35. The van der Waals surface area contributed by atoms with E-state index in [2.05, 4.69) is 11.6 Å². The minimum Gasteiger partial charge on any atom is -0.482 e. The Kier molecular flexibility index (Phi) is 9.71. The summed E-state index contributed by atoms with van der Waals surface area (Å²) in [5.41, 5.74) is 3.17. The Hall–Kier alpha value is -2.03. The van der Waals surface area contributed by atoms with Crippen molar-refractivity contribution in [2.45, 2.75) is 48.0 Å². The van der Waals surface area contributed by atoms with E-state index in [9.17, 15) is 4.39 Å². The SMILES string of the molecule is C=C(/C=C\C)c1c(OC)[nH]c2cc(F)c(CC)cc12.CC.CC. The molecule has 23 heavy (non-hydrogen) atoms. The van der Waals surface area contributed by atoms with Gasteiger partial charge in [-0.15, -0.1) is 0 Å². The highest BCUT2D eigenvalue weighted by atomic mass is 19.1. The molecule has 0 aliphatic carbocycles. The third-order valence-electron chi connectivity index (χ3n) is 3.21. The molecule has 2 aromatic rings. The lowest BCUT2D eigenvalue weighted by molar-refractivity contribution is 0.400. The summed E-state index contributed by atoms with van der Waals surface area (Å²) in [4.78, 5) is 3.09. The van der Waals surface area contributed by atoms with Crippen LogP contribution < -0.4 is 4.74 Å². The molecule has 1 N–H and O–H groups in total. The molecule has 0 bridgehead atoms. The number of aryl methyl sites for hydroxylation is 1. The summed E-state index contributed by atoms with van der Waals surface area (Å²) < 4.78 is 19.2. The zero-order valence-corrected chi connectivity index (χ0v) is 15.5. The van der Waals surface area contributed by atoms with Gasteiger partial charge in [0, 0.05) is 5.39 Å². The van der Waals surface area contributed by atoms with Gasteiger partial charge in [0.1, 0.15) is 5.82 Å². The number of benzene rings is 1. The van der Waals surface area contributed by atoms with Crippen LogP contribution in [-0.2, 0) is 6.42 Å². The fourth-order valence-corrected chi connectivity index (χ4v) is 2.26. The molecule has 2 nitrogen and oxygen atoms in total. The molecule has 0 saturated heterocycles. The van der Waals surface area contributed by atoms with Gasteiger partial charge < -0.3 is 9.72 Å². The summed E-state index contributed by atoms with van der Waals surface area (Å²) in [5.74, 6) is 0.424. The lowest BCUT2D eigenvalue weighted by Gasteiger charge is -2.04. The number of hydrogen-bond acceptors (Lipinski definition) is 1. The first-order valence-electron chi connectivity index (χ1n) is 8.32. The smallest absolute Gasteiger partial charge is 0.199 e. The molecule has 1 aromatic carbocycles. The summed E-state index contributed by atoms with van der Waals surface area (Å²) in [6, 6.07) is 3.39. The minimum atomic E-state index is -0.193. The summed E-state index contributed by atoms with van der Waals surface area (Å²) in [6.45, 7) is 15.9. The highest BCUT2D eigenvalue weighted by Gasteiger charge is 2.15. The van der Waals surface area contributed by atoms with Gasteiger partial charge in [-0.2, -0.15) is 0 Å². The second-order valence-corrected chi connectivity index (χ2v) is 4.40. The Labute approximate surface area is 140 Å². The first-order chi connectivity index (χ1) is 11.1. The molecule has 0 spiro atoms. The molecule has 0 saturated carbocycles. The summed E-state index contributed by atoms with van der Waals surface area (Å²) in [6.07, 6.45) is 4.50. The summed E-state index contributed by atoms with van der Waals surface area (Å²) in [5, 5.41) is 0.943. The van der Waals surface area contributed by atoms with Gasteiger partial charge >= 0.3 is 0 Å². The highest BCUT2D eigenvalue weighted by molar-refractivity contribution is 5.97. The number of rotatable bonds is 4. The van der Waals surface area contributed by atoms with Crippen molar-refractivity contribution in [3.8, 4) is 5.88 Å². The fraction of sp³-hybridized carbons (Fsp3) is 0.400. The number of fused-ring (bicyclic) bond motifs is 1. The van der Waals surface area contributed by atoms with Crippen molar-refractivity contribution in [1.82, 2.24) is 4.98 Å². The van der Waals surface area contributed by atoms with Gasteiger partial charge in [-0.3, -0.25) is 0 Å². The average molecular weight is 319 g/mol. The van der Waals surface area contributed by atoms with Crippen LogP contribution in [0.4, 0.5) is 4.39 Å². The average Bonchev–Trinajstić information content (AvgIpc) is 2.95. The maximum absolute atomic E-state index is 13.8. The number of ether oxygens (including phenoxy) is 1. The standard InChI is InChI=1S/C16H18FNO.2C2H6/c1-5-7-10(3)15-12-8-11(6-2)13(17)9-14(12)18-16(15)19-4;2*1-2/h5,7-9,18H,3,6H2,1-2,4H3;2*1-2H3/b7-5-;;. The minimum absolute atomic E-state index is 0.193. The third kappa shape index (κ3) is 4.72. The number of nitrogens with one attached hydrogen (secondary N) is 1. The van der Waals surface area contributed by atoms with E-state index in [1.165, 1.54) is 6.07 Å². The van der Waals surface area contributed by atoms with Crippen LogP contribution in [0.15, 0.2) is 30.9 Å². The fourth-order valence-electron chi connectivity index (χ4n) is 2.26. The summed E-state index contributed by atoms with van der Waals surface area (Å²) >= 11 is 0. The Balaban J connectivity index is 0.00000112. The van der Waals surface area contributed by atoms with Gasteiger partial charge in [0.25, 0.3) is 0 Å². The van der Waals surface area contributed by atoms with Crippen molar-refractivity contribution in [1.29, 1.82) is 0 Å². The molecular formula is C20H30FNO. The molecule has 128 valence electrons. The van der Waals surface area contributed by atoms with Gasteiger partial charge in [-0.25, -0.2) is 4.39 Å². The van der Waals surface area contributed by atoms with Crippen molar-refractivity contribution in [3.63, 3.8) is 0 Å². The van der Waals surface area contributed by atoms with Crippen LogP contribution in [0.5, 0.6) is 5.88 Å². The second-order valence-electron chi connectivity index (χ2n) is 4.40. The van der Waals surface area contributed by atoms with E-state index >= 15 is 0 Å². The molecule has 0 radical (unpaired) electrons. The number of methoxy groups -OCH3 is 1. The number of hydrogen-bond donors (Lipinski definition) is 1. The molecular weight excluding hydrogens is 289 g/mol. The number of allylic oxidation sites excluding steroid dienone is 3. The predicted molar refractivity (Wildman–Crippen MR) is 101 cm³/mol. The van der Waals surface area contributed by atoms with Crippen LogP contribution in [0, 0.1) is 5.82 Å². The first kappa shape index (κ1) is 21.0. The number of H-pyrrole nitrogens is 1. The van der Waals surface area contributed by atoms with Gasteiger partial charge in [-0.05, 0) is 36.6 Å². The molecule has 3 heteroatoms. The van der Waals surface area contributed by atoms with Crippen molar-refractivity contribution in [3.05, 3.63) is 47.8 Å². The topological polar surface area (TPSA) is 25.0 Å². The van der Waals surface area contributed by atoms with E-state index in [4.69, 9.17) is 4.74 Å². The zero-order valence-electron chi connectivity index (χ0n) is 15.5. The monoisotopic (exact) mass is 319 g/mol. The lowest BCUT2D eigenvalue weighted by Crippen LogP contribution is -1.89. The van der Waals surface area contributed by atoms with Crippen molar-refractivity contribution < 1.29 is 9.13 Å². The Morgan fingerprint density at radius 2 is 1.87 bits per heavy atom. The Bertz CT molecular complexity index is 653. The number of aromatic nitrogens is 1. The van der Waals surface area contributed by atoms with E-state index in [1.54, 1.807) is 7.11 Å². The van der Waals surface area contributed by atoms with Crippen LogP contribution in [0.1, 0.15) is 52.7 Å². The van der Waals surface area contributed by atoms with Crippen molar-refractivity contribution in [2.75, 3.05) is 7.11 Å². The van der Waals surface area contributed by atoms with E-state index in [-0.39, 0.29) is 5.82 Å². The number of aromatic amines is 1. The van der Waals surface area contributed by atoms with Crippen LogP contribution in [-0.4, -0.2) is 12.1 Å². The maximum atomic E-state index is 13.8. The van der Waals surface area contributed by atoms with Gasteiger partial charge in [0.05, 0.1) is 18.2 Å². The number of halogens is 1.